The molecule has 1 aromatic rings. The van der Waals surface area contributed by atoms with Crippen LogP contribution in [0.4, 0.5) is 11.4 Å². The zero-order chi connectivity index (χ0) is 14.9. The molecule has 0 spiro atoms. The average molecular weight is 342 g/mol. The molecule has 1 atom stereocenters. The maximum absolute atomic E-state index is 11.7. The Balaban J connectivity index is 2.22. The van der Waals surface area contributed by atoms with Gasteiger partial charge in [-0.05, 0) is 35.3 Å². The van der Waals surface area contributed by atoms with Gasteiger partial charge in [0.2, 0.25) is 11.8 Å². The molecule has 2 amide bonds. The predicted octanol–water partition coefficient (Wildman–Crippen LogP) is 1.88. The molecule has 1 fully saturated rings. The van der Waals surface area contributed by atoms with E-state index in [-0.39, 0.29) is 23.9 Å². The fraction of sp³-hybridized carbons (Fsp3) is 0.333. The second-order valence-electron chi connectivity index (χ2n) is 4.52. The third-order valence-electron chi connectivity index (χ3n) is 3.05. The topological polar surface area (TPSA) is 101 Å². The van der Waals surface area contributed by atoms with Crippen LogP contribution in [0.2, 0.25) is 0 Å². The zero-order valence-corrected chi connectivity index (χ0v) is 12.2. The van der Waals surface area contributed by atoms with Gasteiger partial charge in [-0.1, -0.05) is 0 Å². The molecule has 20 heavy (non-hydrogen) atoms. The van der Waals surface area contributed by atoms with Gasteiger partial charge in [0.05, 0.1) is 4.92 Å². The highest BCUT2D eigenvalue weighted by Gasteiger charge is 2.27. The first kappa shape index (κ1) is 14.4. The summed E-state index contributed by atoms with van der Waals surface area (Å²) in [4.78, 5) is 33.1. The fourth-order valence-electron chi connectivity index (χ4n) is 2.00. The number of nitro groups is 1. The summed E-state index contributed by atoms with van der Waals surface area (Å²) in [6.07, 6.45) is 0.667. The van der Waals surface area contributed by atoms with Crippen LogP contribution in [-0.4, -0.2) is 22.8 Å². The molecule has 2 N–H and O–H groups in total. The summed E-state index contributed by atoms with van der Waals surface area (Å²) in [5.74, 6) is -0.670. The first-order valence-corrected chi connectivity index (χ1v) is 6.72. The van der Waals surface area contributed by atoms with Gasteiger partial charge in [-0.15, -0.1) is 0 Å². The zero-order valence-electron chi connectivity index (χ0n) is 10.6. The molecule has 1 aliphatic heterocycles. The van der Waals surface area contributed by atoms with Gasteiger partial charge in [0.15, 0.2) is 0 Å². The van der Waals surface area contributed by atoms with E-state index < -0.39 is 11.0 Å². The predicted molar refractivity (Wildman–Crippen MR) is 75.3 cm³/mol. The van der Waals surface area contributed by atoms with E-state index in [1.54, 1.807) is 13.0 Å². The third kappa shape index (κ3) is 2.96. The van der Waals surface area contributed by atoms with Crippen molar-refractivity contribution in [1.82, 2.24) is 5.32 Å². The van der Waals surface area contributed by atoms with Crippen molar-refractivity contribution in [3.8, 4) is 0 Å². The standard InChI is InChI=1S/C12H12BrN3O4/c1-6-4-9(7(13)5-10(6)16(19)20)14-8-2-3-11(17)15-12(8)18/h4-5,8,14H,2-3H2,1H3,(H,15,17,18). The van der Waals surface area contributed by atoms with Gasteiger partial charge in [0, 0.05) is 28.2 Å². The van der Waals surface area contributed by atoms with Gasteiger partial charge in [-0.3, -0.25) is 25.0 Å². The summed E-state index contributed by atoms with van der Waals surface area (Å²) in [5, 5.41) is 16.1. The van der Waals surface area contributed by atoms with Gasteiger partial charge in [-0.2, -0.15) is 0 Å². The average Bonchev–Trinajstić information content (AvgIpc) is 2.36. The van der Waals surface area contributed by atoms with Gasteiger partial charge in [-0.25, -0.2) is 0 Å². The lowest BCUT2D eigenvalue weighted by atomic mass is 10.1. The molecule has 8 heteroatoms. The van der Waals surface area contributed by atoms with Crippen molar-refractivity contribution < 1.29 is 14.5 Å². The Morgan fingerprint density at radius 2 is 2.15 bits per heavy atom. The van der Waals surface area contributed by atoms with E-state index in [1.807, 2.05) is 0 Å². The second kappa shape index (κ2) is 5.58. The number of halogens is 1. The Morgan fingerprint density at radius 1 is 1.45 bits per heavy atom. The number of anilines is 1. The fourth-order valence-corrected chi connectivity index (χ4v) is 2.44. The van der Waals surface area contributed by atoms with Crippen molar-refractivity contribution in [3.63, 3.8) is 0 Å². The van der Waals surface area contributed by atoms with Crippen LogP contribution >= 0.6 is 15.9 Å². The van der Waals surface area contributed by atoms with Crippen LogP contribution < -0.4 is 10.6 Å². The largest absolute Gasteiger partial charge is 0.373 e. The summed E-state index contributed by atoms with van der Waals surface area (Å²) < 4.78 is 0.500. The van der Waals surface area contributed by atoms with Gasteiger partial charge >= 0.3 is 0 Å². The highest BCUT2D eigenvalue weighted by atomic mass is 79.9. The third-order valence-corrected chi connectivity index (χ3v) is 3.71. The van der Waals surface area contributed by atoms with Gasteiger partial charge < -0.3 is 5.32 Å². The maximum Gasteiger partial charge on any atom is 0.273 e. The van der Waals surface area contributed by atoms with Crippen molar-refractivity contribution in [1.29, 1.82) is 0 Å². The number of imide groups is 1. The number of nitro benzene ring substituents is 1. The number of nitrogens with zero attached hydrogens (tertiary/aromatic N) is 1. The number of benzene rings is 1. The van der Waals surface area contributed by atoms with Crippen molar-refractivity contribution in [2.45, 2.75) is 25.8 Å². The number of hydrogen-bond acceptors (Lipinski definition) is 5. The Morgan fingerprint density at radius 3 is 2.75 bits per heavy atom. The van der Waals surface area contributed by atoms with Crippen LogP contribution in [0, 0.1) is 17.0 Å². The molecule has 1 aromatic carbocycles. The van der Waals surface area contributed by atoms with Gasteiger partial charge in [0.1, 0.15) is 6.04 Å². The minimum Gasteiger partial charge on any atom is -0.373 e. The van der Waals surface area contributed by atoms with E-state index in [0.717, 1.165) is 0 Å². The molecule has 0 saturated carbocycles. The second-order valence-corrected chi connectivity index (χ2v) is 5.38. The Bertz CT molecular complexity index is 603. The lowest BCUT2D eigenvalue weighted by Crippen LogP contribution is -2.47. The molecule has 2 rings (SSSR count). The monoisotopic (exact) mass is 341 g/mol. The molecular weight excluding hydrogens is 330 g/mol. The molecule has 1 saturated heterocycles. The quantitative estimate of drug-likeness (QED) is 0.496. The Labute approximate surface area is 123 Å². The molecule has 0 bridgehead atoms. The van der Waals surface area contributed by atoms with Crippen molar-refractivity contribution in [2.75, 3.05) is 5.32 Å². The van der Waals surface area contributed by atoms with Gasteiger partial charge in [0.25, 0.3) is 5.69 Å². The van der Waals surface area contributed by atoms with Crippen LogP contribution in [0.3, 0.4) is 0 Å². The first-order chi connectivity index (χ1) is 9.38. The van der Waals surface area contributed by atoms with Crippen LogP contribution in [0.5, 0.6) is 0 Å². The van der Waals surface area contributed by atoms with E-state index in [2.05, 4.69) is 26.6 Å². The minimum absolute atomic E-state index is 0.00528. The highest BCUT2D eigenvalue weighted by molar-refractivity contribution is 9.10. The van der Waals surface area contributed by atoms with Crippen molar-refractivity contribution >= 4 is 39.1 Å². The van der Waals surface area contributed by atoms with Crippen LogP contribution in [0.15, 0.2) is 16.6 Å². The molecule has 0 radical (unpaired) electrons. The summed E-state index contributed by atoms with van der Waals surface area (Å²) in [6, 6.07) is 2.47. The Kier molecular flexibility index (Phi) is 4.03. The summed E-state index contributed by atoms with van der Waals surface area (Å²) in [6.45, 7) is 1.63. The summed E-state index contributed by atoms with van der Waals surface area (Å²) in [7, 11) is 0. The van der Waals surface area contributed by atoms with Crippen molar-refractivity contribution in [2.24, 2.45) is 0 Å². The molecule has 7 nitrogen and oxygen atoms in total. The van der Waals surface area contributed by atoms with E-state index in [4.69, 9.17) is 0 Å². The highest BCUT2D eigenvalue weighted by Crippen LogP contribution is 2.31. The number of carbonyl (C=O) groups is 2. The molecule has 106 valence electrons. The Hall–Kier alpha value is -1.96. The number of amides is 2. The molecule has 0 aliphatic carbocycles. The molecule has 0 aromatic heterocycles. The maximum atomic E-state index is 11.7. The number of aryl methyl sites for hydroxylation is 1. The molecular formula is C12H12BrN3O4. The number of hydrogen-bond donors (Lipinski definition) is 2. The van der Waals surface area contributed by atoms with Crippen LogP contribution in [0.25, 0.3) is 0 Å². The lowest BCUT2D eigenvalue weighted by molar-refractivity contribution is -0.385. The smallest absolute Gasteiger partial charge is 0.273 e. The van der Waals surface area contributed by atoms with Crippen molar-refractivity contribution in [3.05, 3.63) is 32.3 Å². The number of piperidine rings is 1. The first-order valence-electron chi connectivity index (χ1n) is 5.93. The van der Waals surface area contributed by atoms with Crippen LogP contribution in [-0.2, 0) is 9.59 Å². The molecule has 1 heterocycles. The van der Waals surface area contributed by atoms with E-state index in [9.17, 15) is 19.7 Å². The normalized spacial score (nSPS) is 18.6. The van der Waals surface area contributed by atoms with E-state index >= 15 is 0 Å². The summed E-state index contributed by atoms with van der Waals surface area (Å²) in [5.41, 5.74) is 1.08. The summed E-state index contributed by atoms with van der Waals surface area (Å²) >= 11 is 3.24. The lowest BCUT2D eigenvalue weighted by Gasteiger charge is -2.23. The van der Waals surface area contributed by atoms with E-state index in [1.165, 1.54) is 6.07 Å². The minimum atomic E-state index is -0.523. The van der Waals surface area contributed by atoms with Crippen LogP contribution in [0.1, 0.15) is 18.4 Å². The number of nitrogens with one attached hydrogen (secondary N) is 2. The molecule has 1 aliphatic rings. The molecule has 1 unspecified atom stereocenters. The SMILES string of the molecule is Cc1cc(NC2CCC(=O)NC2=O)c(Br)cc1[N+](=O)[O-]. The number of carbonyl (C=O) groups excluding carboxylic acids is 2. The van der Waals surface area contributed by atoms with E-state index in [0.29, 0.717) is 22.1 Å². The number of rotatable bonds is 3.